The van der Waals surface area contributed by atoms with E-state index in [1.54, 1.807) is 30.3 Å². The second-order valence-electron chi connectivity index (χ2n) is 3.97. The quantitative estimate of drug-likeness (QED) is 0.836. The molecular formula is C14H11ClFN3. The minimum atomic E-state index is -0.511. The number of benzene rings is 2. The Morgan fingerprint density at radius 1 is 1.32 bits per heavy atom. The van der Waals surface area contributed by atoms with Gasteiger partial charge in [-0.25, -0.2) is 4.39 Å². The highest BCUT2D eigenvalue weighted by molar-refractivity contribution is 6.31. The van der Waals surface area contributed by atoms with Gasteiger partial charge in [-0.15, -0.1) is 0 Å². The van der Waals surface area contributed by atoms with Crippen LogP contribution in [0, 0.1) is 17.1 Å². The van der Waals surface area contributed by atoms with Crippen LogP contribution in [0.15, 0.2) is 36.4 Å². The van der Waals surface area contributed by atoms with Gasteiger partial charge < -0.3 is 11.1 Å². The zero-order valence-electron chi connectivity index (χ0n) is 9.95. The molecular weight excluding hydrogens is 265 g/mol. The number of nitrogen functional groups attached to an aromatic ring is 1. The van der Waals surface area contributed by atoms with E-state index in [0.29, 0.717) is 16.9 Å². The van der Waals surface area contributed by atoms with E-state index in [-0.39, 0.29) is 17.1 Å². The summed E-state index contributed by atoms with van der Waals surface area (Å²) in [7, 11) is 0. The Hall–Kier alpha value is -2.25. The first-order valence-corrected chi connectivity index (χ1v) is 5.96. The lowest BCUT2D eigenvalue weighted by atomic mass is 10.1. The zero-order chi connectivity index (χ0) is 13.8. The molecule has 5 heteroatoms. The maximum atomic E-state index is 13.7. The predicted octanol–water partition coefficient (Wildman–Crippen LogP) is 3.87. The topological polar surface area (TPSA) is 61.8 Å². The van der Waals surface area contributed by atoms with Crippen LogP contribution in [0.4, 0.5) is 21.5 Å². The van der Waals surface area contributed by atoms with E-state index in [1.165, 1.54) is 6.07 Å². The number of hydrogen-bond donors (Lipinski definition) is 2. The SMILES string of the molecule is N#CCc1cc(Nc2cccc(Cl)c2F)ccc1N. The maximum absolute atomic E-state index is 13.7. The van der Waals surface area contributed by atoms with Gasteiger partial charge in [0.1, 0.15) is 0 Å². The van der Waals surface area contributed by atoms with Crippen molar-refractivity contribution in [1.29, 1.82) is 5.26 Å². The Kier molecular flexibility index (Phi) is 3.88. The molecule has 0 heterocycles. The first-order valence-electron chi connectivity index (χ1n) is 5.58. The van der Waals surface area contributed by atoms with Crippen molar-refractivity contribution in [3.05, 3.63) is 52.8 Å². The van der Waals surface area contributed by atoms with Gasteiger partial charge in [-0.3, -0.25) is 0 Å². The Bertz CT molecular complexity index is 650. The van der Waals surface area contributed by atoms with Crippen LogP contribution in [0.3, 0.4) is 0 Å². The molecule has 2 aromatic carbocycles. The van der Waals surface area contributed by atoms with Crippen LogP contribution in [-0.4, -0.2) is 0 Å². The molecule has 3 N–H and O–H groups in total. The summed E-state index contributed by atoms with van der Waals surface area (Å²) < 4.78 is 13.7. The summed E-state index contributed by atoms with van der Waals surface area (Å²) in [5, 5.41) is 11.7. The van der Waals surface area contributed by atoms with Crippen molar-refractivity contribution in [3.8, 4) is 6.07 Å². The van der Waals surface area contributed by atoms with Gasteiger partial charge in [0.15, 0.2) is 5.82 Å². The third kappa shape index (κ3) is 2.95. The van der Waals surface area contributed by atoms with Gasteiger partial charge >= 0.3 is 0 Å². The van der Waals surface area contributed by atoms with Gasteiger partial charge in [-0.05, 0) is 35.9 Å². The van der Waals surface area contributed by atoms with Gasteiger partial charge in [-0.1, -0.05) is 17.7 Å². The van der Waals surface area contributed by atoms with Crippen molar-refractivity contribution < 1.29 is 4.39 Å². The second-order valence-corrected chi connectivity index (χ2v) is 4.38. The zero-order valence-corrected chi connectivity index (χ0v) is 10.7. The lowest BCUT2D eigenvalue weighted by molar-refractivity contribution is 0.632. The molecule has 0 aliphatic carbocycles. The Labute approximate surface area is 115 Å². The molecule has 3 nitrogen and oxygen atoms in total. The van der Waals surface area contributed by atoms with Crippen molar-refractivity contribution >= 4 is 28.7 Å². The smallest absolute Gasteiger partial charge is 0.165 e. The molecule has 0 radical (unpaired) electrons. The molecule has 0 bridgehead atoms. The second kappa shape index (κ2) is 5.59. The third-order valence-electron chi connectivity index (χ3n) is 2.64. The average molecular weight is 276 g/mol. The van der Waals surface area contributed by atoms with E-state index >= 15 is 0 Å². The number of nitrogens with zero attached hydrogens (tertiary/aromatic N) is 1. The molecule has 0 aromatic heterocycles. The van der Waals surface area contributed by atoms with Gasteiger partial charge in [0.05, 0.1) is 23.2 Å². The molecule has 2 rings (SSSR count). The number of nitrogens with two attached hydrogens (primary N) is 1. The van der Waals surface area contributed by atoms with E-state index in [9.17, 15) is 4.39 Å². The summed E-state index contributed by atoms with van der Waals surface area (Å²) >= 11 is 5.71. The lowest BCUT2D eigenvalue weighted by Gasteiger charge is -2.10. The minimum Gasteiger partial charge on any atom is -0.398 e. The maximum Gasteiger partial charge on any atom is 0.165 e. The van der Waals surface area contributed by atoms with Crippen LogP contribution >= 0.6 is 11.6 Å². The van der Waals surface area contributed by atoms with Gasteiger partial charge in [-0.2, -0.15) is 5.26 Å². The Morgan fingerprint density at radius 2 is 2.11 bits per heavy atom. The number of hydrogen-bond acceptors (Lipinski definition) is 3. The van der Waals surface area contributed by atoms with E-state index < -0.39 is 5.82 Å². The molecule has 2 aromatic rings. The minimum absolute atomic E-state index is 0.0534. The van der Waals surface area contributed by atoms with Crippen LogP contribution in [0.5, 0.6) is 0 Å². The molecule has 0 aliphatic rings. The van der Waals surface area contributed by atoms with Crippen LogP contribution in [0.2, 0.25) is 5.02 Å². The Balaban J connectivity index is 2.31. The number of rotatable bonds is 3. The largest absolute Gasteiger partial charge is 0.398 e. The molecule has 0 saturated carbocycles. The highest BCUT2D eigenvalue weighted by Gasteiger charge is 2.07. The van der Waals surface area contributed by atoms with Crippen molar-refractivity contribution in [1.82, 2.24) is 0 Å². The molecule has 0 atom stereocenters. The average Bonchev–Trinajstić information content (AvgIpc) is 2.39. The first-order chi connectivity index (χ1) is 9.11. The van der Waals surface area contributed by atoms with Crippen molar-refractivity contribution in [3.63, 3.8) is 0 Å². The lowest BCUT2D eigenvalue weighted by Crippen LogP contribution is -1.98. The molecule has 0 spiro atoms. The highest BCUT2D eigenvalue weighted by atomic mass is 35.5. The molecule has 96 valence electrons. The Morgan fingerprint density at radius 3 is 2.84 bits per heavy atom. The van der Waals surface area contributed by atoms with Crippen molar-refractivity contribution in [2.75, 3.05) is 11.1 Å². The highest BCUT2D eigenvalue weighted by Crippen LogP contribution is 2.27. The monoisotopic (exact) mass is 275 g/mol. The summed E-state index contributed by atoms with van der Waals surface area (Å²) in [5.74, 6) is -0.511. The number of nitrogens with one attached hydrogen (secondary N) is 1. The number of nitriles is 1. The van der Waals surface area contributed by atoms with Crippen LogP contribution in [0.25, 0.3) is 0 Å². The van der Waals surface area contributed by atoms with E-state index in [4.69, 9.17) is 22.6 Å². The fourth-order valence-electron chi connectivity index (χ4n) is 1.68. The first kappa shape index (κ1) is 13.2. The standard InChI is InChI=1S/C14H11ClFN3/c15-11-2-1-3-13(14(11)16)19-10-4-5-12(18)9(8-10)6-7-17/h1-5,8,19H,6,18H2. The summed E-state index contributed by atoms with van der Waals surface area (Å²) in [4.78, 5) is 0. The summed E-state index contributed by atoms with van der Waals surface area (Å²) in [6, 6.07) is 11.9. The van der Waals surface area contributed by atoms with E-state index in [2.05, 4.69) is 5.32 Å². The fraction of sp³-hybridized carbons (Fsp3) is 0.0714. The van der Waals surface area contributed by atoms with Crippen LogP contribution < -0.4 is 11.1 Å². The molecule has 19 heavy (non-hydrogen) atoms. The van der Waals surface area contributed by atoms with E-state index in [0.717, 1.165) is 0 Å². The summed E-state index contributed by atoms with van der Waals surface area (Å²) in [6.45, 7) is 0. The van der Waals surface area contributed by atoms with E-state index in [1.807, 2.05) is 6.07 Å². The third-order valence-corrected chi connectivity index (χ3v) is 2.93. The number of anilines is 3. The van der Waals surface area contributed by atoms with Crippen LogP contribution in [-0.2, 0) is 6.42 Å². The van der Waals surface area contributed by atoms with Crippen molar-refractivity contribution in [2.45, 2.75) is 6.42 Å². The summed E-state index contributed by atoms with van der Waals surface area (Å²) in [5.41, 5.74) is 7.92. The fourth-order valence-corrected chi connectivity index (χ4v) is 1.85. The number of halogens is 2. The molecule has 0 fully saturated rings. The van der Waals surface area contributed by atoms with Gasteiger partial charge in [0, 0.05) is 11.4 Å². The van der Waals surface area contributed by atoms with Gasteiger partial charge in [0.25, 0.3) is 0 Å². The molecule has 0 saturated heterocycles. The normalized spacial score (nSPS) is 9.95. The molecule has 0 aliphatic heterocycles. The summed E-state index contributed by atoms with van der Waals surface area (Å²) in [6.07, 6.45) is 0.208. The van der Waals surface area contributed by atoms with Crippen LogP contribution in [0.1, 0.15) is 5.56 Å². The molecule has 0 amide bonds. The molecule has 0 unspecified atom stereocenters. The predicted molar refractivity (Wildman–Crippen MR) is 74.9 cm³/mol. The van der Waals surface area contributed by atoms with Gasteiger partial charge in [0.2, 0.25) is 0 Å². The van der Waals surface area contributed by atoms with Crippen molar-refractivity contribution in [2.24, 2.45) is 0 Å².